The first-order chi connectivity index (χ1) is 15.5. The third-order valence-corrected chi connectivity index (χ3v) is 7.02. The number of carbonyl (C=O) groups excluding carboxylic acids is 1. The van der Waals surface area contributed by atoms with Gasteiger partial charge in [0, 0.05) is 24.7 Å². The number of halogens is 1. The van der Waals surface area contributed by atoms with Gasteiger partial charge in [-0.25, -0.2) is 4.98 Å². The second kappa shape index (κ2) is 9.81. The number of hydrogen-bond donors (Lipinski definition) is 0. The largest absolute Gasteiger partial charge is 0.355 e. The molecule has 0 atom stereocenters. The van der Waals surface area contributed by atoms with E-state index in [1.807, 2.05) is 49.4 Å². The fourth-order valence-corrected chi connectivity index (χ4v) is 4.87. The minimum Gasteiger partial charge on any atom is -0.355 e. The molecule has 4 rings (SSSR count). The molecule has 2 heterocycles. The van der Waals surface area contributed by atoms with E-state index in [1.165, 1.54) is 11.3 Å². The first kappa shape index (κ1) is 22.5. The molecule has 0 aliphatic heterocycles. The number of rotatable bonds is 8. The summed E-state index contributed by atoms with van der Waals surface area (Å²) in [4.78, 5) is 22.3. The molecule has 2 aromatic carbocycles. The summed E-state index contributed by atoms with van der Waals surface area (Å²) in [6.45, 7) is 9.25. The molecule has 0 radical (unpaired) electrons. The van der Waals surface area contributed by atoms with Gasteiger partial charge in [-0.2, -0.15) is 0 Å². The lowest BCUT2D eigenvalue weighted by Crippen LogP contribution is -2.39. The Labute approximate surface area is 196 Å². The molecular formula is C24H25ClN4O2S. The number of likely N-dealkylation sites (N-methyl/N-ethyl adjacent to an activating group) is 1. The van der Waals surface area contributed by atoms with Crippen molar-refractivity contribution >= 4 is 44.2 Å². The van der Waals surface area contributed by atoms with Crippen LogP contribution in [0.1, 0.15) is 29.9 Å². The quantitative estimate of drug-likeness (QED) is 0.322. The number of amides is 1. The van der Waals surface area contributed by atoms with Crippen molar-refractivity contribution < 1.29 is 9.32 Å². The Morgan fingerprint density at radius 1 is 1.09 bits per heavy atom. The van der Waals surface area contributed by atoms with Crippen LogP contribution in [0.3, 0.4) is 0 Å². The van der Waals surface area contributed by atoms with E-state index in [4.69, 9.17) is 21.1 Å². The van der Waals surface area contributed by atoms with Crippen molar-refractivity contribution in [2.45, 2.75) is 20.8 Å². The molecule has 0 spiro atoms. The maximum absolute atomic E-state index is 13.5. The minimum absolute atomic E-state index is 0.240. The molecule has 0 aliphatic rings. The van der Waals surface area contributed by atoms with Gasteiger partial charge < -0.3 is 9.42 Å². The van der Waals surface area contributed by atoms with Crippen LogP contribution in [0.5, 0.6) is 0 Å². The van der Waals surface area contributed by atoms with E-state index in [-0.39, 0.29) is 11.6 Å². The average Bonchev–Trinajstić information content (AvgIpc) is 3.48. The topological polar surface area (TPSA) is 62.5 Å². The normalized spacial score (nSPS) is 11.4. The Bertz CT molecular complexity index is 1180. The Kier molecular flexibility index (Phi) is 6.89. The second-order valence-corrected chi connectivity index (χ2v) is 8.85. The summed E-state index contributed by atoms with van der Waals surface area (Å²) in [5.41, 5.74) is 2.97. The van der Waals surface area contributed by atoms with Crippen LogP contribution in [0.25, 0.3) is 21.5 Å². The number of anilines is 1. The van der Waals surface area contributed by atoms with Crippen LogP contribution in [-0.2, 0) is 0 Å². The smallest absolute Gasteiger partial charge is 0.282 e. The highest BCUT2D eigenvalue weighted by atomic mass is 35.5. The van der Waals surface area contributed by atoms with Crippen molar-refractivity contribution in [1.29, 1.82) is 0 Å². The van der Waals surface area contributed by atoms with E-state index in [1.54, 1.807) is 11.0 Å². The predicted octanol–water partition coefficient (Wildman–Crippen LogP) is 5.90. The summed E-state index contributed by atoms with van der Waals surface area (Å²) in [5.74, 6) is 0.316. The maximum Gasteiger partial charge on any atom is 0.282 e. The number of thiazole rings is 1. The SMILES string of the molecule is CCN(CC)CCN(C(=O)c1cc(-c2ccccc2)on1)c1nc2c(C)ccc(Cl)c2s1. The predicted molar refractivity (Wildman–Crippen MR) is 131 cm³/mol. The number of aryl methyl sites for hydroxylation is 1. The van der Waals surface area contributed by atoms with Crippen molar-refractivity contribution in [2.75, 3.05) is 31.1 Å². The van der Waals surface area contributed by atoms with Gasteiger partial charge in [0.05, 0.1) is 15.2 Å². The summed E-state index contributed by atoms with van der Waals surface area (Å²) >= 11 is 7.84. The number of benzene rings is 2. The second-order valence-electron chi connectivity index (χ2n) is 7.46. The lowest BCUT2D eigenvalue weighted by molar-refractivity contribution is 0.0975. The van der Waals surface area contributed by atoms with Crippen LogP contribution >= 0.6 is 22.9 Å². The van der Waals surface area contributed by atoms with Gasteiger partial charge in [0.2, 0.25) is 0 Å². The average molecular weight is 469 g/mol. The number of hydrogen-bond acceptors (Lipinski definition) is 6. The molecule has 0 saturated heterocycles. The lowest BCUT2D eigenvalue weighted by Gasteiger charge is -2.24. The van der Waals surface area contributed by atoms with Crippen LogP contribution in [0, 0.1) is 6.92 Å². The molecule has 1 amide bonds. The van der Waals surface area contributed by atoms with Crippen LogP contribution in [0.2, 0.25) is 5.02 Å². The van der Waals surface area contributed by atoms with E-state index in [2.05, 4.69) is 23.9 Å². The van der Waals surface area contributed by atoms with Crippen molar-refractivity contribution in [1.82, 2.24) is 15.0 Å². The molecular weight excluding hydrogens is 444 g/mol. The van der Waals surface area contributed by atoms with E-state index < -0.39 is 0 Å². The van der Waals surface area contributed by atoms with Crippen molar-refractivity contribution in [3.63, 3.8) is 0 Å². The molecule has 166 valence electrons. The molecule has 0 aliphatic carbocycles. The van der Waals surface area contributed by atoms with Gasteiger partial charge >= 0.3 is 0 Å². The summed E-state index contributed by atoms with van der Waals surface area (Å²) in [5, 5.41) is 5.31. The van der Waals surface area contributed by atoms with E-state index in [0.29, 0.717) is 22.5 Å². The summed E-state index contributed by atoms with van der Waals surface area (Å²) < 4.78 is 6.36. The van der Waals surface area contributed by atoms with Crippen molar-refractivity contribution in [3.05, 3.63) is 64.8 Å². The number of aromatic nitrogens is 2. The number of nitrogens with zero attached hydrogens (tertiary/aromatic N) is 4. The van der Waals surface area contributed by atoms with Gasteiger partial charge in [0.25, 0.3) is 5.91 Å². The van der Waals surface area contributed by atoms with Gasteiger partial charge in [-0.15, -0.1) is 0 Å². The standard InChI is InChI=1S/C24H25ClN4O2S/c1-4-28(5-2)13-14-29(24-26-21-16(3)11-12-18(25)22(21)32-24)23(30)19-15-20(31-27-19)17-9-7-6-8-10-17/h6-12,15H,4-5,13-14H2,1-3H3. The molecule has 0 bridgehead atoms. The zero-order chi connectivity index (χ0) is 22.7. The van der Waals surface area contributed by atoms with Gasteiger partial charge in [0.1, 0.15) is 0 Å². The molecule has 4 aromatic rings. The molecule has 6 nitrogen and oxygen atoms in total. The highest BCUT2D eigenvalue weighted by Crippen LogP contribution is 2.36. The minimum atomic E-state index is -0.240. The summed E-state index contributed by atoms with van der Waals surface area (Å²) in [6.07, 6.45) is 0. The summed E-state index contributed by atoms with van der Waals surface area (Å²) in [7, 11) is 0. The fourth-order valence-electron chi connectivity index (χ4n) is 3.52. The molecule has 0 unspecified atom stereocenters. The third-order valence-electron chi connectivity index (χ3n) is 5.48. The Balaban J connectivity index is 1.70. The maximum atomic E-state index is 13.5. The highest BCUT2D eigenvalue weighted by Gasteiger charge is 2.26. The summed E-state index contributed by atoms with van der Waals surface area (Å²) in [6, 6.07) is 15.1. The Morgan fingerprint density at radius 2 is 1.84 bits per heavy atom. The molecule has 8 heteroatoms. The lowest BCUT2D eigenvalue weighted by atomic mass is 10.1. The van der Waals surface area contributed by atoms with Crippen molar-refractivity contribution in [3.8, 4) is 11.3 Å². The van der Waals surface area contributed by atoms with Gasteiger partial charge in [-0.1, -0.05) is 78.3 Å². The monoisotopic (exact) mass is 468 g/mol. The van der Waals surface area contributed by atoms with E-state index in [0.717, 1.165) is 41.0 Å². The van der Waals surface area contributed by atoms with Crippen LogP contribution in [0.15, 0.2) is 53.1 Å². The van der Waals surface area contributed by atoms with Gasteiger partial charge in [-0.3, -0.25) is 9.69 Å². The fraction of sp³-hybridized carbons (Fsp3) is 0.292. The zero-order valence-corrected chi connectivity index (χ0v) is 19.9. The Hall–Kier alpha value is -2.74. The zero-order valence-electron chi connectivity index (χ0n) is 18.3. The van der Waals surface area contributed by atoms with Crippen LogP contribution in [-0.4, -0.2) is 47.1 Å². The molecule has 0 N–H and O–H groups in total. The van der Waals surface area contributed by atoms with Gasteiger partial charge in [-0.05, 0) is 31.6 Å². The van der Waals surface area contributed by atoms with Crippen LogP contribution in [0.4, 0.5) is 5.13 Å². The van der Waals surface area contributed by atoms with E-state index >= 15 is 0 Å². The van der Waals surface area contributed by atoms with Crippen molar-refractivity contribution in [2.24, 2.45) is 0 Å². The molecule has 0 fully saturated rings. The van der Waals surface area contributed by atoms with E-state index in [9.17, 15) is 4.79 Å². The molecule has 32 heavy (non-hydrogen) atoms. The number of fused-ring (bicyclic) bond motifs is 1. The molecule has 0 saturated carbocycles. The third kappa shape index (κ3) is 4.55. The Morgan fingerprint density at radius 3 is 2.53 bits per heavy atom. The first-order valence-electron chi connectivity index (χ1n) is 10.6. The number of carbonyl (C=O) groups is 1. The van der Waals surface area contributed by atoms with Gasteiger partial charge in [0.15, 0.2) is 16.6 Å². The highest BCUT2D eigenvalue weighted by molar-refractivity contribution is 7.23. The molecule has 2 aromatic heterocycles. The first-order valence-corrected chi connectivity index (χ1v) is 11.8. The van der Waals surface area contributed by atoms with Crippen LogP contribution < -0.4 is 4.90 Å².